The van der Waals surface area contributed by atoms with Crippen LogP contribution in [-0.4, -0.2) is 57.0 Å². The fraction of sp³-hybridized carbons (Fsp3) is 0.556. The quantitative estimate of drug-likeness (QED) is 0.832. The lowest BCUT2D eigenvalue weighted by Crippen LogP contribution is -2.42. The number of carbonyl (C=O) groups excluding carboxylic acids is 1. The topological polar surface area (TPSA) is 67.2 Å². The second kappa shape index (κ2) is 7.63. The summed E-state index contributed by atoms with van der Waals surface area (Å²) in [6.45, 7) is 9.27. The third kappa shape index (κ3) is 3.81. The normalized spacial score (nSPS) is 15.4. The van der Waals surface area contributed by atoms with Gasteiger partial charge in [-0.1, -0.05) is 0 Å². The minimum Gasteiger partial charge on any atom is -0.355 e. The van der Waals surface area contributed by atoms with Gasteiger partial charge in [-0.15, -0.1) is 10.2 Å². The Labute approximate surface area is 148 Å². The molecular formula is C18H26N6O. The van der Waals surface area contributed by atoms with E-state index in [2.05, 4.69) is 20.2 Å². The highest BCUT2D eigenvalue weighted by atomic mass is 16.2. The van der Waals surface area contributed by atoms with Crippen LogP contribution in [-0.2, 0) is 4.79 Å². The SMILES string of the molecule is CCN(CC)C(=O)C1CCN(c2ccc(-n3ccc(C)n3)nn2)CC1. The maximum absolute atomic E-state index is 12.5. The van der Waals surface area contributed by atoms with Gasteiger partial charge in [-0.3, -0.25) is 4.79 Å². The van der Waals surface area contributed by atoms with Crippen LogP contribution in [0.25, 0.3) is 5.82 Å². The molecule has 134 valence electrons. The molecule has 0 radical (unpaired) electrons. The van der Waals surface area contributed by atoms with Crippen molar-refractivity contribution < 1.29 is 4.79 Å². The minimum absolute atomic E-state index is 0.135. The van der Waals surface area contributed by atoms with Crippen molar-refractivity contribution in [1.82, 2.24) is 24.9 Å². The third-order valence-electron chi connectivity index (χ3n) is 4.84. The molecule has 2 aromatic rings. The molecule has 0 aromatic carbocycles. The highest BCUT2D eigenvalue weighted by molar-refractivity contribution is 5.79. The Kier molecular flexibility index (Phi) is 5.31. The molecule has 0 unspecified atom stereocenters. The number of carbonyl (C=O) groups is 1. The summed E-state index contributed by atoms with van der Waals surface area (Å²) < 4.78 is 1.72. The summed E-state index contributed by atoms with van der Waals surface area (Å²) in [6.07, 6.45) is 3.62. The molecular weight excluding hydrogens is 316 g/mol. The van der Waals surface area contributed by atoms with Gasteiger partial charge in [0.05, 0.1) is 5.69 Å². The fourth-order valence-electron chi connectivity index (χ4n) is 3.30. The second-order valence-corrected chi connectivity index (χ2v) is 6.42. The second-order valence-electron chi connectivity index (χ2n) is 6.42. The molecule has 0 saturated carbocycles. The molecule has 1 saturated heterocycles. The van der Waals surface area contributed by atoms with Crippen LogP contribution in [0.4, 0.5) is 5.82 Å². The number of amides is 1. The van der Waals surface area contributed by atoms with Crippen molar-refractivity contribution in [2.75, 3.05) is 31.1 Å². The summed E-state index contributed by atoms with van der Waals surface area (Å²) in [4.78, 5) is 16.6. The zero-order valence-corrected chi connectivity index (χ0v) is 15.2. The monoisotopic (exact) mass is 342 g/mol. The molecule has 0 aliphatic carbocycles. The van der Waals surface area contributed by atoms with E-state index in [1.165, 1.54) is 0 Å². The van der Waals surface area contributed by atoms with Gasteiger partial charge in [0.2, 0.25) is 5.91 Å². The van der Waals surface area contributed by atoms with Crippen LogP contribution >= 0.6 is 0 Å². The Morgan fingerprint density at radius 1 is 1.12 bits per heavy atom. The molecule has 0 bridgehead atoms. The Morgan fingerprint density at radius 3 is 2.28 bits per heavy atom. The predicted octanol–water partition coefficient (Wildman–Crippen LogP) is 2.06. The highest BCUT2D eigenvalue weighted by Crippen LogP contribution is 2.23. The number of hydrogen-bond donors (Lipinski definition) is 0. The van der Waals surface area contributed by atoms with Gasteiger partial charge in [-0.2, -0.15) is 5.10 Å². The number of piperidine rings is 1. The van der Waals surface area contributed by atoms with Crippen molar-refractivity contribution in [2.24, 2.45) is 5.92 Å². The largest absolute Gasteiger partial charge is 0.355 e. The van der Waals surface area contributed by atoms with E-state index in [0.717, 1.165) is 50.5 Å². The molecule has 25 heavy (non-hydrogen) atoms. The van der Waals surface area contributed by atoms with Crippen molar-refractivity contribution in [2.45, 2.75) is 33.6 Å². The zero-order chi connectivity index (χ0) is 17.8. The number of rotatable bonds is 5. The van der Waals surface area contributed by atoms with Gasteiger partial charge in [0.1, 0.15) is 0 Å². The molecule has 3 heterocycles. The number of nitrogens with zero attached hydrogens (tertiary/aromatic N) is 6. The number of anilines is 1. The van der Waals surface area contributed by atoms with Crippen LogP contribution in [0.3, 0.4) is 0 Å². The maximum atomic E-state index is 12.5. The molecule has 1 aliphatic rings. The van der Waals surface area contributed by atoms with E-state index in [9.17, 15) is 4.79 Å². The first-order chi connectivity index (χ1) is 12.1. The maximum Gasteiger partial charge on any atom is 0.225 e. The van der Waals surface area contributed by atoms with Crippen molar-refractivity contribution in [3.63, 3.8) is 0 Å². The Morgan fingerprint density at radius 2 is 1.76 bits per heavy atom. The Balaban J connectivity index is 1.60. The van der Waals surface area contributed by atoms with E-state index in [0.29, 0.717) is 11.7 Å². The standard InChI is InChI=1S/C18H26N6O/c1-4-22(5-2)18(25)15-9-11-23(12-10-15)16-6-7-17(20-19-16)24-13-8-14(3)21-24/h6-8,13,15H,4-5,9-12H2,1-3H3. The van der Waals surface area contributed by atoms with Crippen LogP contribution in [0.5, 0.6) is 0 Å². The van der Waals surface area contributed by atoms with Crippen LogP contribution in [0.15, 0.2) is 24.4 Å². The van der Waals surface area contributed by atoms with Crippen LogP contribution < -0.4 is 4.90 Å². The number of aromatic nitrogens is 4. The first-order valence-corrected chi connectivity index (χ1v) is 9.02. The van der Waals surface area contributed by atoms with Crippen molar-refractivity contribution >= 4 is 11.7 Å². The average molecular weight is 342 g/mol. The molecule has 3 rings (SSSR count). The summed E-state index contributed by atoms with van der Waals surface area (Å²) in [6, 6.07) is 5.85. The van der Waals surface area contributed by atoms with Gasteiger partial charge in [0.25, 0.3) is 0 Å². The Bertz CT molecular complexity index is 699. The van der Waals surface area contributed by atoms with Gasteiger partial charge in [0, 0.05) is 38.3 Å². The Hall–Kier alpha value is -2.44. The van der Waals surface area contributed by atoms with Gasteiger partial charge < -0.3 is 9.80 Å². The van der Waals surface area contributed by atoms with E-state index < -0.39 is 0 Å². The first-order valence-electron chi connectivity index (χ1n) is 9.02. The molecule has 7 nitrogen and oxygen atoms in total. The molecule has 0 spiro atoms. The van der Waals surface area contributed by atoms with E-state index in [4.69, 9.17) is 0 Å². The lowest BCUT2D eigenvalue weighted by Gasteiger charge is -2.34. The van der Waals surface area contributed by atoms with E-state index >= 15 is 0 Å². The van der Waals surface area contributed by atoms with Crippen LogP contribution in [0.2, 0.25) is 0 Å². The zero-order valence-electron chi connectivity index (χ0n) is 15.2. The van der Waals surface area contributed by atoms with E-state index in [1.807, 2.05) is 50.1 Å². The molecule has 2 aromatic heterocycles. The van der Waals surface area contributed by atoms with Crippen molar-refractivity contribution in [3.05, 3.63) is 30.1 Å². The highest BCUT2D eigenvalue weighted by Gasteiger charge is 2.28. The van der Waals surface area contributed by atoms with Crippen LogP contribution in [0.1, 0.15) is 32.4 Å². The number of hydrogen-bond acceptors (Lipinski definition) is 5. The van der Waals surface area contributed by atoms with Crippen molar-refractivity contribution in [1.29, 1.82) is 0 Å². The van der Waals surface area contributed by atoms with Gasteiger partial charge in [-0.25, -0.2) is 4.68 Å². The summed E-state index contributed by atoms with van der Waals surface area (Å²) in [5, 5.41) is 13.0. The van der Waals surface area contributed by atoms with Gasteiger partial charge in [0.15, 0.2) is 11.6 Å². The fourth-order valence-corrected chi connectivity index (χ4v) is 3.30. The summed E-state index contributed by atoms with van der Waals surface area (Å²) >= 11 is 0. The molecule has 0 atom stereocenters. The first kappa shape index (κ1) is 17.4. The molecule has 0 N–H and O–H groups in total. The van der Waals surface area contributed by atoms with Gasteiger partial charge >= 0.3 is 0 Å². The number of aryl methyl sites for hydroxylation is 1. The summed E-state index contributed by atoms with van der Waals surface area (Å²) in [5.41, 5.74) is 0.950. The molecule has 1 amide bonds. The summed E-state index contributed by atoms with van der Waals surface area (Å²) in [5.74, 6) is 2.00. The van der Waals surface area contributed by atoms with Crippen LogP contribution in [0, 0.1) is 12.8 Å². The predicted molar refractivity (Wildman–Crippen MR) is 96.8 cm³/mol. The molecule has 7 heteroatoms. The minimum atomic E-state index is 0.135. The summed E-state index contributed by atoms with van der Waals surface area (Å²) in [7, 11) is 0. The third-order valence-corrected chi connectivity index (χ3v) is 4.84. The van der Waals surface area contributed by atoms with Gasteiger partial charge in [-0.05, 0) is 51.8 Å². The molecule has 1 fully saturated rings. The lowest BCUT2D eigenvalue weighted by atomic mass is 9.95. The molecule has 1 aliphatic heterocycles. The van der Waals surface area contributed by atoms with E-state index in [1.54, 1.807) is 4.68 Å². The lowest BCUT2D eigenvalue weighted by molar-refractivity contribution is -0.135. The average Bonchev–Trinajstić information content (AvgIpc) is 3.09. The van der Waals surface area contributed by atoms with E-state index in [-0.39, 0.29) is 5.92 Å². The smallest absolute Gasteiger partial charge is 0.225 e. The van der Waals surface area contributed by atoms with Crippen molar-refractivity contribution in [3.8, 4) is 5.82 Å².